The molecule has 0 saturated carbocycles. The summed E-state index contributed by atoms with van der Waals surface area (Å²) in [5, 5.41) is 7.51. The third-order valence-electron chi connectivity index (χ3n) is 4.30. The lowest BCUT2D eigenvalue weighted by Crippen LogP contribution is -2.41. The van der Waals surface area contributed by atoms with Crippen molar-refractivity contribution in [1.29, 1.82) is 0 Å². The van der Waals surface area contributed by atoms with E-state index in [1.807, 2.05) is 30.5 Å². The molecule has 31 heavy (non-hydrogen) atoms. The van der Waals surface area contributed by atoms with Crippen molar-refractivity contribution in [2.45, 2.75) is 13.0 Å². The second-order valence-corrected chi connectivity index (χ2v) is 7.73. The fourth-order valence-corrected chi connectivity index (χ4v) is 3.35. The molecule has 160 valence electrons. The number of ether oxygens (including phenoxy) is 2. The molecule has 0 aliphatic rings. The van der Waals surface area contributed by atoms with Crippen LogP contribution >= 0.6 is 11.3 Å². The normalized spacial score (nSPS) is 12.0. The van der Waals surface area contributed by atoms with Gasteiger partial charge in [-0.3, -0.25) is 9.59 Å². The third kappa shape index (κ3) is 6.72. The van der Waals surface area contributed by atoms with Gasteiger partial charge in [0.25, 0.3) is 11.8 Å². The smallest absolute Gasteiger partial charge is 0.268 e. The van der Waals surface area contributed by atoms with Crippen LogP contribution in [0.3, 0.4) is 0 Å². The Bertz CT molecular complexity index is 1020. The summed E-state index contributed by atoms with van der Waals surface area (Å²) in [5.41, 5.74) is 0.649. The topological polar surface area (TPSA) is 76.7 Å². The van der Waals surface area contributed by atoms with E-state index in [0.717, 1.165) is 10.6 Å². The molecule has 3 aromatic rings. The van der Waals surface area contributed by atoms with Crippen molar-refractivity contribution < 1.29 is 19.1 Å². The van der Waals surface area contributed by atoms with Crippen LogP contribution < -0.4 is 20.1 Å². The molecule has 6 nitrogen and oxygen atoms in total. The van der Waals surface area contributed by atoms with Crippen molar-refractivity contribution in [2.24, 2.45) is 0 Å². The summed E-state index contributed by atoms with van der Waals surface area (Å²) in [6, 6.07) is 19.5. The van der Waals surface area contributed by atoms with E-state index in [1.54, 1.807) is 61.7 Å². The van der Waals surface area contributed by atoms with Crippen molar-refractivity contribution >= 4 is 29.2 Å². The van der Waals surface area contributed by atoms with Gasteiger partial charge in [-0.05, 0) is 60.8 Å². The maximum atomic E-state index is 12.9. The van der Waals surface area contributed by atoms with Gasteiger partial charge < -0.3 is 20.1 Å². The first kappa shape index (κ1) is 22.1. The Morgan fingerprint density at radius 2 is 1.71 bits per heavy atom. The SMILES string of the molecule is COc1ccc(OC[C@H](C)NC(=O)/C(=C/c2cccs2)NC(=O)c2ccccc2)cc1. The van der Waals surface area contributed by atoms with Gasteiger partial charge in [0.05, 0.1) is 13.2 Å². The maximum Gasteiger partial charge on any atom is 0.268 e. The zero-order chi connectivity index (χ0) is 22.1. The molecule has 7 heteroatoms. The number of carbonyl (C=O) groups excluding carboxylic acids is 2. The highest BCUT2D eigenvalue weighted by Gasteiger charge is 2.17. The lowest BCUT2D eigenvalue weighted by atomic mass is 10.2. The Morgan fingerprint density at radius 1 is 1.00 bits per heavy atom. The highest BCUT2D eigenvalue weighted by Crippen LogP contribution is 2.17. The molecule has 1 heterocycles. The molecule has 0 saturated heterocycles. The molecule has 0 bridgehead atoms. The molecular weight excluding hydrogens is 412 g/mol. The van der Waals surface area contributed by atoms with Crippen LogP contribution in [-0.2, 0) is 4.79 Å². The van der Waals surface area contributed by atoms with Crippen LogP contribution in [0.4, 0.5) is 0 Å². The predicted molar refractivity (Wildman–Crippen MR) is 122 cm³/mol. The molecule has 0 aliphatic carbocycles. The molecule has 2 N–H and O–H groups in total. The van der Waals surface area contributed by atoms with Crippen LogP contribution in [0.15, 0.2) is 77.8 Å². The van der Waals surface area contributed by atoms with Crippen molar-refractivity contribution in [3.63, 3.8) is 0 Å². The first-order valence-electron chi connectivity index (χ1n) is 9.74. The minimum atomic E-state index is -0.386. The highest BCUT2D eigenvalue weighted by molar-refractivity contribution is 7.10. The number of rotatable bonds is 9. The van der Waals surface area contributed by atoms with Gasteiger partial charge in [0.1, 0.15) is 23.8 Å². The summed E-state index contributed by atoms with van der Waals surface area (Å²) >= 11 is 1.48. The maximum absolute atomic E-state index is 12.9. The molecule has 2 amide bonds. The fraction of sp³-hybridized carbons (Fsp3) is 0.167. The molecule has 0 radical (unpaired) electrons. The number of benzene rings is 2. The third-order valence-corrected chi connectivity index (χ3v) is 5.11. The van der Waals surface area contributed by atoms with E-state index in [4.69, 9.17) is 9.47 Å². The van der Waals surface area contributed by atoms with E-state index >= 15 is 0 Å². The molecule has 0 spiro atoms. The number of hydrogen-bond donors (Lipinski definition) is 2. The summed E-state index contributed by atoms with van der Waals surface area (Å²) in [6.45, 7) is 2.11. The van der Waals surface area contributed by atoms with Crippen LogP contribution in [-0.4, -0.2) is 31.6 Å². The van der Waals surface area contributed by atoms with Crippen LogP contribution in [0.25, 0.3) is 6.08 Å². The van der Waals surface area contributed by atoms with Crippen molar-refractivity contribution in [3.05, 3.63) is 88.2 Å². The molecule has 0 aliphatic heterocycles. The van der Waals surface area contributed by atoms with Crippen molar-refractivity contribution in [2.75, 3.05) is 13.7 Å². The largest absolute Gasteiger partial charge is 0.497 e. The van der Waals surface area contributed by atoms with Crippen molar-refractivity contribution in [3.8, 4) is 11.5 Å². The minimum absolute atomic E-state index is 0.174. The Balaban J connectivity index is 1.64. The number of thiophene rings is 1. The van der Waals surface area contributed by atoms with Crippen LogP contribution in [0.5, 0.6) is 11.5 Å². The van der Waals surface area contributed by atoms with Gasteiger partial charge in [-0.2, -0.15) is 0 Å². The zero-order valence-electron chi connectivity index (χ0n) is 17.3. The van der Waals surface area contributed by atoms with E-state index in [2.05, 4.69) is 10.6 Å². The van der Waals surface area contributed by atoms with Gasteiger partial charge in [-0.15, -0.1) is 11.3 Å². The molecule has 0 unspecified atom stereocenters. The number of nitrogens with one attached hydrogen (secondary N) is 2. The van der Waals surface area contributed by atoms with Gasteiger partial charge in [0.15, 0.2) is 0 Å². The Kier molecular flexibility index (Phi) is 7.84. The standard InChI is InChI=1S/C24H24N2O4S/c1-17(16-30-20-12-10-19(29-2)11-13-20)25-24(28)22(15-21-9-6-14-31-21)26-23(27)18-7-4-3-5-8-18/h3-15,17H,16H2,1-2H3,(H,25,28)(H,26,27)/b22-15-/t17-/m0/s1. The summed E-state index contributed by atoms with van der Waals surface area (Å²) in [5.74, 6) is 0.684. The molecular formula is C24H24N2O4S. The lowest BCUT2D eigenvalue weighted by molar-refractivity contribution is -0.118. The quantitative estimate of drug-likeness (QED) is 0.495. The van der Waals surface area contributed by atoms with E-state index < -0.39 is 0 Å². The number of amides is 2. The molecule has 2 aromatic carbocycles. The molecule has 1 aromatic heterocycles. The lowest BCUT2D eigenvalue weighted by Gasteiger charge is -2.17. The fourth-order valence-electron chi connectivity index (χ4n) is 2.69. The summed E-state index contributed by atoms with van der Waals surface area (Å²) in [4.78, 5) is 26.3. The first-order valence-corrected chi connectivity index (χ1v) is 10.6. The van der Waals surface area contributed by atoms with E-state index in [-0.39, 0.29) is 30.2 Å². The zero-order valence-corrected chi connectivity index (χ0v) is 18.1. The van der Waals surface area contributed by atoms with Crippen LogP contribution in [0.1, 0.15) is 22.2 Å². The molecule has 0 fully saturated rings. The van der Waals surface area contributed by atoms with Gasteiger partial charge in [0, 0.05) is 10.4 Å². The Labute approximate surface area is 185 Å². The van der Waals surface area contributed by atoms with Gasteiger partial charge in [0.2, 0.25) is 0 Å². The number of hydrogen-bond acceptors (Lipinski definition) is 5. The Hall–Kier alpha value is -3.58. The van der Waals surface area contributed by atoms with Gasteiger partial charge >= 0.3 is 0 Å². The average Bonchev–Trinajstić information content (AvgIpc) is 3.31. The summed E-state index contributed by atoms with van der Waals surface area (Å²) in [6.07, 6.45) is 1.66. The predicted octanol–water partition coefficient (Wildman–Crippen LogP) is 4.11. The van der Waals surface area contributed by atoms with Gasteiger partial charge in [-0.25, -0.2) is 0 Å². The monoisotopic (exact) mass is 436 g/mol. The number of methoxy groups -OCH3 is 1. The van der Waals surface area contributed by atoms with E-state index in [9.17, 15) is 9.59 Å². The second kappa shape index (κ2) is 11.0. The average molecular weight is 437 g/mol. The molecule has 1 atom stereocenters. The van der Waals surface area contributed by atoms with Gasteiger partial charge in [-0.1, -0.05) is 24.3 Å². The second-order valence-electron chi connectivity index (χ2n) is 6.75. The highest BCUT2D eigenvalue weighted by atomic mass is 32.1. The van der Waals surface area contributed by atoms with E-state index in [0.29, 0.717) is 11.3 Å². The van der Waals surface area contributed by atoms with Crippen molar-refractivity contribution in [1.82, 2.24) is 10.6 Å². The number of carbonyl (C=O) groups is 2. The van der Waals surface area contributed by atoms with Crippen LogP contribution in [0, 0.1) is 0 Å². The minimum Gasteiger partial charge on any atom is -0.497 e. The summed E-state index contributed by atoms with van der Waals surface area (Å²) < 4.78 is 10.9. The summed E-state index contributed by atoms with van der Waals surface area (Å²) in [7, 11) is 1.60. The van der Waals surface area contributed by atoms with E-state index in [1.165, 1.54) is 11.3 Å². The first-order chi connectivity index (χ1) is 15.0. The molecule has 3 rings (SSSR count). The Morgan fingerprint density at radius 3 is 2.35 bits per heavy atom. The van der Waals surface area contributed by atoms with Crippen LogP contribution in [0.2, 0.25) is 0 Å².